The molecule has 1 aromatic carbocycles. The molecule has 98 valence electrons. The van der Waals surface area contributed by atoms with Crippen molar-refractivity contribution in [1.29, 1.82) is 0 Å². The molecule has 0 saturated carbocycles. The largest absolute Gasteiger partial charge is 0.491 e. The minimum absolute atomic E-state index is 0.0926. The van der Waals surface area contributed by atoms with Crippen LogP contribution in [0.2, 0.25) is 0 Å². The standard InChI is InChI=1S/C14H20N2O2/c1-11(2)18-13-6-4-12(5-7-13)16-9-3-8-15-14(17)10-16/h4-7,11H,3,8-10H2,1-2H3,(H,15,17). The molecule has 4 heteroatoms. The Morgan fingerprint density at radius 3 is 2.67 bits per heavy atom. The van der Waals surface area contributed by atoms with Crippen LogP contribution in [0.1, 0.15) is 20.3 Å². The van der Waals surface area contributed by atoms with Gasteiger partial charge in [-0.3, -0.25) is 4.79 Å². The van der Waals surface area contributed by atoms with Crippen LogP contribution in [0.15, 0.2) is 24.3 Å². The van der Waals surface area contributed by atoms with Gasteiger partial charge in [-0.15, -0.1) is 0 Å². The molecule has 1 N–H and O–H groups in total. The minimum atomic E-state index is 0.0926. The van der Waals surface area contributed by atoms with E-state index in [4.69, 9.17) is 4.74 Å². The van der Waals surface area contributed by atoms with Crippen LogP contribution in [-0.2, 0) is 4.79 Å². The first-order valence-electron chi connectivity index (χ1n) is 6.43. The second-order valence-corrected chi connectivity index (χ2v) is 4.79. The average Bonchev–Trinajstić information content (AvgIpc) is 2.54. The van der Waals surface area contributed by atoms with Gasteiger partial charge in [0.25, 0.3) is 0 Å². The van der Waals surface area contributed by atoms with E-state index in [0.717, 1.165) is 30.9 Å². The molecular formula is C14H20N2O2. The molecule has 0 bridgehead atoms. The predicted octanol–water partition coefficient (Wildman–Crippen LogP) is 1.80. The second-order valence-electron chi connectivity index (χ2n) is 4.79. The topological polar surface area (TPSA) is 41.6 Å². The molecule has 1 amide bonds. The summed E-state index contributed by atoms with van der Waals surface area (Å²) in [4.78, 5) is 13.6. The summed E-state index contributed by atoms with van der Waals surface area (Å²) in [7, 11) is 0. The van der Waals surface area contributed by atoms with E-state index in [2.05, 4.69) is 10.2 Å². The zero-order chi connectivity index (χ0) is 13.0. The number of amides is 1. The first kappa shape index (κ1) is 12.7. The normalized spacial score (nSPS) is 16.4. The van der Waals surface area contributed by atoms with Crippen LogP contribution in [-0.4, -0.2) is 31.6 Å². The molecule has 1 saturated heterocycles. The molecule has 4 nitrogen and oxygen atoms in total. The van der Waals surface area contributed by atoms with Crippen LogP contribution in [0.5, 0.6) is 5.75 Å². The van der Waals surface area contributed by atoms with Crippen molar-refractivity contribution < 1.29 is 9.53 Å². The van der Waals surface area contributed by atoms with Crippen molar-refractivity contribution in [3.63, 3.8) is 0 Å². The molecule has 1 heterocycles. The van der Waals surface area contributed by atoms with Crippen molar-refractivity contribution in [2.24, 2.45) is 0 Å². The Hall–Kier alpha value is -1.71. The highest BCUT2D eigenvalue weighted by Crippen LogP contribution is 2.20. The number of nitrogens with one attached hydrogen (secondary N) is 1. The Morgan fingerprint density at radius 1 is 1.28 bits per heavy atom. The van der Waals surface area contributed by atoms with E-state index in [9.17, 15) is 4.79 Å². The molecule has 0 aliphatic carbocycles. The van der Waals surface area contributed by atoms with Gasteiger partial charge in [0, 0.05) is 18.8 Å². The maximum absolute atomic E-state index is 11.5. The van der Waals surface area contributed by atoms with Gasteiger partial charge in [-0.1, -0.05) is 0 Å². The van der Waals surface area contributed by atoms with Crippen molar-refractivity contribution in [3.8, 4) is 5.75 Å². The average molecular weight is 248 g/mol. The Balaban J connectivity index is 2.05. The van der Waals surface area contributed by atoms with Crippen LogP contribution in [0.3, 0.4) is 0 Å². The third-order valence-electron chi connectivity index (χ3n) is 2.84. The molecule has 0 radical (unpaired) electrons. The molecule has 18 heavy (non-hydrogen) atoms. The lowest BCUT2D eigenvalue weighted by molar-refractivity contribution is -0.119. The van der Waals surface area contributed by atoms with Gasteiger partial charge >= 0.3 is 0 Å². The molecule has 0 atom stereocenters. The fourth-order valence-corrected chi connectivity index (χ4v) is 2.03. The number of carbonyl (C=O) groups excluding carboxylic acids is 1. The van der Waals surface area contributed by atoms with Gasteiger partial charge in [0.15, 0.2) is 0 Å². The van der Waals surface area contributed by atoms with Crippen LogP contribution in [0.4, 0.5) is 5.69 Å². The molecule has 1 fully saturated rings. The molecule has 2 rings (SSSR count). The zero-order valence-electron chi connectivity index (χ0n) is 11.0. The molecule has 0 aromatic heterocycles. The van der Waals surface area contributed by atoms with Crippen LogP contribution < -0.4 is 15.0 Å². The predicted molar refractivity (Wildman–Crippen MR) is 72.0 cm³/mol. The molecular weight excluding hydrogens is 228 g/mol. The minimum Gasteiger partial charge on any atom is -0.491 e. The molecule has 0 unspecified atom stereocenters. The fraction of sp³-hybridized carbons (Fsp3) is 0.500. The van der Waals surface area contributed by atoms with E-state index in [1.165, 1.54) is 0 Å². The Bertz CT molecular complexity index is 401. The third-order valence-corrected chi connectivity index (χ3v) is 2.84. The Morgan fingerprint density at radius 2 is 2.00 bits per heavy atom. The van der Waals surface area contributed by atoms with Crippen molar-refractivity contribution in [2.75, 3.05) is 24.5 Å². The quantitative estimate of drug-likeness (QED) is 0.887. The number of rotatable bonds is 3. The van der Waals surface area contributed by atoms with Gasteiger partial charge in [0.2, 0.25) is 5.91 Å². The Kier molecular flexibility index (Phi) is 4.07. The Labute approximate surface area is 108 Å². The van der Waals surface area contributed by atoms with E-state index >= 15 is 0 Å². The monoisotopic (exact) mass is 248 g/mol. The van der Waals surface area contributed by atoms with Crippen molar-refractivity contribution in [3.05, 3.63) is 24.3 Å². The number of ether oxygens (including phenoxy) is 1. The summed E-state index contributed by atoms with van der Waals surface area (Å²) in [6.45, 7) is 6.12. The maximum atomic E-state index is 11.5. The summed E-state index contributed by atoms with van der Waals surface area (Å²) in [5.41, 5.74) is 1.07. The second kappa shape index (κ2) is 5.76. The SMILES string of the molecule is CC(C)Oc1ccc(N2CCCNC(=O)C2)cc1. The van der Waals surface area contributed by atoms with Gasteiger partial charge in [-0.2, -0.15) is 0 Å². The number of benzene rings is 1. The van der Waals surface area contributed by atoms with Crippen molar-refractivity contribution >= 4 is 11.6 Å². The molecule has 1 aliphatic rings. The maximum Gasteiger partial charge on any atom is 0.239 e. The zero-order valence-corrected chi connectivity index (χ0v) is 11.0. The van der Waals surface area contributed by atoms with Crippen LogP contribution >= 0.6 is 0 Å². The highest BCUT2D eigenvalue weighted by Gasteiger charge is 2.14. The first-order chi connectivity index (χ1) is 8.65. The summed E-state index contributed by atoms with van der Waals surface area (Å²) in [5, 5.41) is 2.88. The van der Waals surface area contributed by atoms with Gasteiger partial charge < -0.3 is 15.0 Å². The van der Waals surface area contributed by atoms with E-state index in [1.807, 2.05) is 38.1 Å². The third kappa shape index (κ3) is 3.39. The summed E-state index contributed by atoms with van der Waals surface area (Å²) in [5.74, 6) is 0.961. The van der Waals surface area contributed by atoms with Gasteiger partial charge in [0.1, 0.15) is 5.75 Å². The summed E-state index contributed by atoms with van der Waals surface area (Å²) in [6, 6.07) is 7.93. The van der Waals surface area contributed by atoms with E-state index in [-0.39, 0.29) is 12.0 Å². The lowest BCUT2D eigenvalue weighted by atomic mass is 10.2. The lowest BCUT2D eigenvalue weighted by Crippen LogP contribution is -2.32. The van der Waals surface area contributed by atoms with Gasteiger partial charge in [-0.05, 0) is 44.5 Å². The van der Waals surface area contributed by atoms with E-state index in [1.54, 1.807) is 0 Å². The van der Waals surface area contributed by atoms with E-state index in [0.29, 0.717) is 6.54 Å². The van der Waals surface area contributed by atoms with E-state index < -0.39 is 0 Å². The first-order valence-corrected chi connectivity index (χ1v) is 6.43. The lowest BCUT2D eigenvalue weighted by Gasteiger charge is -2.21. The van der Waals surface area contributed by atoms with Crippen molar-refractivity contribution in [2.45, 2.75) is 26.4 Å². The molecule has 1 aromatic rings. The number of anilines is 1. The highest BCUT2D eigenvalue weighted by atomic mass is 16.5. The summed E-state index contributed by atoms with van der Waals surface area (Å²) < 4.78 is 5.60. The summed E-state index contributed by atoms with van der Waals surface area (Å²) >= 11 is 0. The van der Waals surface area contributed by atoms with Crippen LogP contribution in [0, 0.1) is 0 Å². The van der Waals surface area contributed by atoms with Crippen molar-refractivity contribution in [1.82, 2.24) is 5.32 Å². The van der Waals surface area contributed by atoms with Gasteiger partial charge in [-0.25, -0.2) is 0 Å². The number of hydrogen-bond donors (Lipinski definition) is 1. The van der Waals surface area contributed by atoms with Crippen LogP contribution in [0.25, 0.3) is 0 Å². The number of hydrogen-bond acceptors (Lipinski definition) is 3. The smallest absolute Gasteiger partial charge is 0.239 e. The molecule has 0 spiro atoms. The number of nitrogens with zero attached hydrogens (tertiary/aromatic N) is 1. The fourth-order valence-electron chi connectivity index (χ4n) is 2.03. The molecule has 1 aliphatic heterocycles. The highest BCUT2D eigenvalue weighted by molar-refractivity contribution is 5.81. The summed E-state index contributed by atoms with van der Waals surface area (Å²) in [6.07, 6.45) is 1.16. The number of carbonyl (C=O) groups is 1. The van der Waals surface area contributed by atoms with Gasteiger partial charge in [0.05, 0.1) is 12.6 Å².